The number of rotatable bonds is 8. The van der Waals surface area contributed by atoms with Gasteiger partial charge in [0, 0.05) is 6.42 Å². The first-order valence-corrected chi connectivity index (χ1v) is 10.6. The van der Waals surface area contributed by atoms with Crippen molar-refractivity contribution in [3.8, 4) is 5.75 Å². The summed E-state index contributed by atoms with van der Waals surface area (Å²) in [6, 6.07) is 9.39. The van der Waals surface area contributed by atoms with E-state index in [0.29, 0.717) is 5.75 Å². The molecule has 0 spiro atoms. The number of hydrogen-bond acceptors (Lipinski definition) is 4. The molecule has 2 aromatic rings. The first-order chi connectivity index (χ1) is 14.8. The minimum atomic E-state index is -4.46. The Morgan fingerprint density at radius 2 is 1.97 bits per heavy atom. The van der Waals surface area contributed by atoms with Gasteiger partial charge < -0.3 is 10.1 Å². The van der Waals surface area contributed by atoms with Crippen molar-refractivity contribution >= 4 is 11.4 Å². The highest BCUT2D eigenvalue weighted by molar-refractivity contribution is 6.05. The summed E-state index contributed by atoms with van der Waals surface area (Å²) in [5.74, 6) is 0.487. The van der Waals surface area contributed by atoms with Crippen molar-refractivity contribution in [3.05, 3.63) is 65.6 Å². The Kier molecular flexibility index (Phi) is 8.65. The second-order valence-corrected chi connectivity index (χ2v) is 7.16. The number of nitrogens with one attached hydrogen (secondary N) is 1. The molecule has 1 N–H and O–H groups in total. The first kappa shape index (κ1) is 24.4. The number of allylic oxidation sites excluding steroid dienone is 1. The van der Waals surface area contributed by atoms with Gasteiger partial charge in [-0.05, 0) is 42.7 Å². The maximum Gasteiger partial charge on any atom is 0.430 e. The maximum atomic E-state index is 12.5. The van der Waals surface area contributed by atoms with E-state index in [-0.39, 0.29) is 6.61 Å². The monoisotopic (exact) mass is 433 g/mol. The average molecular weight is 434 g/mol. The van der Waals surface area contributed by atoms with Gasteiger partial charge in [0.1, 0.15) is 18.1 Å². The Labute approximate surface area is 182 Å². The summed E-state index contributed by atoms with van der Waals surface area (Å²) in [5, 5.41) is 2.29. The van der Waals surface area contributed by atoms with Gasteiger partial charge in [0.25, 0.3) is 0 Å². The van der Waals surface area contributed by atoms with E-state index in [1.807, 2.05) is 26.0 Å². The molecule has 1 aromatic heterocycles. The summed E-state index contributed by atoms with van der Waals surface area (Å²) in [4.78, 5) is 9.08. The molecule has 4 nitrogen and oxygen atoms in total. The third-order valence-corrected chi connectivity index (χ3v) is 4.59. The van der Waals surface area contributed by atoms with E-state index in [1.165, 1.54) is 11.1 Å². The minimum absolute atomic E-state index is 0.0583. The summed E-state index contributed by atoms with van der Waals surface area (Å²) in [5.41, 5.74) is 4.18. The van der Waals surface area contributed by atoms with E-state index in [0.717, 1.165) is 36.4 Å². The summed E-state index contributed by atoms with van der Waals surface area (Å²) in [7, 11) is 0. The molecule has 7 heteroatoms. The van der Waals surface area contributed by atoms with Crippen LogP contribution in [0.4, 0.5) is 18.9 Å². The van der Waals surface area contributed by atoms with Gasteiger partial charge in [-0.15, -0.1) is 0 Å². The van der Waals surface area contributed by atoms with Crippen molar-refractivity contribution in [1.82, 2.24) is 10.3 Å². The molecule has 0 unspecified atom stereocenters. The van der Waals surface area contributed by atoms with Crippen molar-refractivity contribution in [2.24, 2.45) is 4.99 Å². The van der Waals surface area contributed by atoms with E-state index in [2.05, 4.69) is 40.9 Å². The Morgan fingerprint density at radius 1 is 1.23 bits per heavy atom. The minimum Gasteiger partial charge on any atom is -0.490 e. The molecule has 1 atom stereocenters. The van der Waals surface area contributed by atoms with E-state index >= 15 is 0 Å². The predicted octanol–water partition coefficient (Wildman–Crippen LogP) is 6.17. The zero-order valence-electron chi connectivity index (χ0n) is 18.5. The number of ether oxygens (including phenoxy) is 1. The molecular formula is C24H30F3N3O. The van der Waals surface area contributed by atoms with Gasteiger partial charge in [-0.3, -0.25) is 9.98 Å². The molecule has 0 radical (unpaired) electrons. The van der Waals surface area contributed by atoms with E-state index in [4.69, 9.17) is 4.74 Å². The van der Waals surface area contributed by atoms with Crippen molar-refractivity contribution in [2.45, 2.75) is 59.2 Å². The standard InChI is InChI=1S/C22H24F3N3O.C2H6/c1-4-5-16-6-8-19-17(10-16)11-21(28-19)20-9-7-18(12-26-20)29-13-14(2)27-15(3)22(23,24)25;1-2/h6-10,12,14,27H,3-5,11,13H2,1-2H3;1-2H3/t14-;/m0./s1. The highest BCUT2D eigenvalue weighted by atomic mass is 19.4. The molecule has 0 fully saturated rings. The molecule has 0 saturated heterocycles. The number of alkyl halides is 3. The van der Waals surface area contributed by atoms with Gasteiger partial charge in [0.15, 0.2) is 0 Å². The fourth-order valence-electron chi connectivity index (χ4n) is 3.13. The lowest BCUT2D eigenvalue weighted by molar-refractivity contribution is -0.0974. The van der Waals surface area contributed by atoms with E-state index < -0.39 is 17.9 Å². The lowest BCUT2D eigenvalue weighted by Crippen LogP contribution is -2.36. The molecule has 0 aliphatic carbocycles. The van der Waals surface area contributed by atoms with Crippen LogP contribution in [0.2, 0.25) is 0 Å². The van der Waals surface area contributed by atoms with Crippen LogP contribution in [0.15, 0.2) is 53.8 Å². The quantitative estimate of drug-likeness (QED) is 0.542. The van der Waals surface area contributed by atoms with E-state index in [1.54, 1.807) is 19.2 Å². The topological polar surface area (TPSA) is 46.5 Å². The van der Waals surface area contributed by atoms with Crippen molar-refractivity contribution in [2.75, 3.05) is 6.61 Å². The molecule has 2 heterocycles. The zero-order valence-corrected chi connectivity index (χ0v) is 18.5. The molecule has 0 bridgehead atoms. The molecule has 0 amide bonds. The molecule has 31 heavy (non-hydrogen) atoms. The van der Waals surface area contributed by atoms with Gasteiger partial charge in [0.2, 0.25) is 0 Å². The van der Waals surface area contributed by atoms with Gasteiger partial charge in [-0.25, -0.2) is 0 Å². The SMILES string of the molecule is C=C(N[C@@H](C)COc1ccc(C2=Nc3ccc(CCC)cc3C2)nc1)C(F)(F)F.CC. The van der Waals surface area contributed by atoms with Crippen LogP contribution in [0.1, 0.15) is 50.9 Å². The largest absolute Gasteiger partial charge is 0.490 e. The summed E-state index contributed by atoms with van der Waals surface area (Å²) in [6.07, 6.45) is -0.00588. The molecule has 1 aromatic carbocycles. The number of aromatic nitrogens is 1. The van der Waals surface area contributed by atoms with Gasteiger partial charge in [0.05, 0.1) is 29.3 Å². The fraction of sp³-hybridized carbons (Fsp3) is 0.417. The number of nitrogens with zero attached hydrogens (tertiary/aromatic N) is 2. The van der Waals surface area contributed by atoms with Crippen LogP contribution in [-0.2, 0) is 12.8 Å². The smallest absolute Gasteiger partial charge is 0.430 e. The number of hydrogen-bond donors (Lipinski definition) is 1. The van der Waals surface area contributed by atoms with Gasteiger partial charge in [-0.2, -0.15) is 13.2 Å². The Balaban J connectivity index is 0.00000166. The molecular weight excluding hydrogens is 403 g/mol. The number of halogens is 3. The second-order valence-electron chi connectivity index (χ2n) is 7.16. The maximum absolute atomic E-state index is 12.5. The normalized spacial score (nSPS) is 13.5. The number of aryl methyl sites for hydroxylation is 1. The Hall–Kier alpha value is -2.83. The highest BCUT2D eigenvalue weighted by Crippen LogP contribution is 2.30. The predicted molar refractivity (Wildman–Crippen MR) is 119 cm³/mol. The van der Waals surface area contributed by atoms with Crippen molar-refractivity contribution in [1.29, 1.82) is 0 Å². The lowest BCUT2D eigenvalue weighted by atomic mass is 10.0. The summed E-state index contributed by atoms with van der Waals surface area (Å²) >= 11 is 0. The van der Waals surface area contributed by atoms with Crippen LogP contribution < -0.4 is 10.1 Å². The third kappa shape index (κ3) is 6.84. The number of aliphatic imine (C=N–C) groups is 1. The van der Waals surface area contributed by atoms with Crippen LogP contribution in [0.3, 0.4) is 0 Å². The van der Waals surface area contributed by atoms with Crippen LogP contribution in [0.5, 0.6) is 5.75 Å². The molecule has 1 aliphatic rings. The van der Waals surface area contributed by atoms with Crippen LogP contribution >= 0.6 is 0 Å². The van der Waals surface area contributed by atoms with Crippen LogP contribution in [-0.4, -0.2) is 29.5 Å². The average Bonchev–Trinajstić information content (AvgIpc) is 3.17. The lowest BCUT2D eigenvalue weighted by Gasteiger charge is -2.19. The number of fused-ring (bicyclic) bond motifs is 1. The molecule has 0 saturated carbocycles. The molecule has 3 rings (SSSR count). The number of benzene rings is 1. The summed E-state index contributed by atoms with van der Waals surface area (Å²) in [6.45, 7) is 10.8. The third-order valence-electron chi connectivity index (χ3n) is 4.59. The van der Waals surface area contributed by atoms with Gasteiger partial charge in [-0.1, -0.05) is 45.9 Å². The second kappa shape index (κ2) is 11.0. The Bertz CT molecular complexity index is 905. The summed E-state index contributed by atoms with van der Waals surface area (Å²) < 4.78 is 43.0. The van der Waals surface area contributed by atoms with Crippen LogP contribution in [0, 0.1) is 0 Å². The number of pyridine rings is 1. The fourth-order valence-corrected chi connectivity index (χ4v) is 3.13. The highest BCUT2D eigenvalue weighted by Gasteiger charge is 2.32. The van der Waals surface area contributed by atoms with Gasteiger partial charge >= 0.3 is 6.18 Å². The van der Waals surface area contributed by atoms with E-state index in [9.17, 15) is 13.2 Å². The Morgan fingerprint density at radius 3 is 2.58 bits per heavy atom. The zero-order chi connectivity index (χ0) is 23.0. The van der Waals surface area contributed by atoms with Crippen molar-refractivity contribution < 1.29 is 17.9 Å². The van der Waals surface area contributed by atoms with Crippen LogP contribution in [0.25, 0.3) is 0 Å². The van der Waals surface area contributed by atoms with Crippen molar-refractivity contribution in [3.63, 3.8) is 0 Å². The molecule has 168 valence electrons. The first-order valence-electron chi connectivity index (χ1n) is 10.6. The molecule has 1 aliphatic heterocycles.